The number of halogens is 3. The maximum absolute atomic E-state index is 14.2. The lowest BCUT2D eigenvalue weighted by Gasteiger charge is -2.26. The molecule has 0 saturated heterocycles. The molecule has 2 heterocycles. The maximum atomic E-state index is 14.2. The predicted molar refractivity (Wildman–Crippen MR) is 188 cm³/mol. The minimum Gasteiger partial charge on any atom is -0.393 e. The first kappa shape index (κ1) is 35.2. The van der Waals surface area contributed by atoms with Gasteiger partial charge in [0.1, 0.15) is 4.75 Å². The Morgan fingerprint density at radius 3 is 2.37 bits per heavy atom. The van der Waals surface area contributed by atoms with Crippen LogP contribution in [0.1, 0.15) is 97.3 Å². The minimum absolute atomic E-state index is 0.0333. The monoisotopic (exact) mass is 694 g/mol. The van der Waals surface area contributed by atoms with Gasteiger partial charge in [-0.1, -0.05) is 68.8 Å². The molecule has 0 unspecified atom stereocenters. The van der Waals surface area contributed by atoms with E-state index in [1.807, 2.05) is 61.0 Å². The van der Waals surface area contributed by atoms with Crippen LogP contribution in [0.15, 0.2) is 72.9 Å². The molecule has 1 aliphatic carbocycles. The number of carbonyl (C=O) groups is 1. The van der Waals surface area contributed by atoms with E-state index in [0.29, 0.717) is 61.9 Å². The van der Waals surface area contributed by atoms with Crippen molar-refractivity contribution in [2.75, 3.05) is 11.4 Å². The van der Waals surface area contributed by atoms with E-state index in [2.05, 4.69) is 0 Å². The highest BCUT2D eigenvalue weighted by atomic mass is 32.2. The third-order valence-corrected chi connectivity index (χ3v) is 13.3. The summed E-state index contributed by atoms with van der Waals surface area (Å²) in [6.07, 6.45) is 1.36. The Morgan fingerprint density at radius 2 is 1.71 bits per heavy atom. The lowest BCUT2D eigenvalue weighted by atomic mass is 9.82. The summed E-state index contributed by atoms with van der Waals surface area (Å²) in [5.41, 5.74) is 3.65. The van der Waals surface area contributed by atoms with Crippen molar-refractivity contribution in [1.29, 1.82) is 0 Å². The fourth-order valence-electron chi connectivity index (χ4n) is 7.68. The Bertz CT molecular complexity index is 1930. The van der Waals surface area contributed by atoms with Crippen molar-refractivity contribution < 1.29 is 31.5 Å². The van der Waals surface area contributed by atoms with Crippen LogP contribution in [0, 0.1) is 5.92 Å². The molecule has 0 bridgehead atoms. The van der Waals surface area contributed by atoms with Gasteiger partial charge in [-0.05, 0) is 91.7 Å². The number of hydrogen-bond acceptors (Lipinski definition) is 4. The highest BCUT2D eigenvalue weighted by Crippen LogP contribution is 2.51. The average molecular weight is 695 g/mol. The third-order valence-electron chi connectivity index (χ3n) is 10.7. The van der Waals surface area contributed by atoms with E-state index >= 15 is 0 Å². The van der Waals surface area contributed by atoms with Gasteiger partial charge in [-0.25, -0.2) is 8.42 Å². The molecular weight excluding hydrogens is 650 g/mol. The van der Waals surface area contributed by atoms with Crippen LogP contribution in [0.5, 0.6) is 0 Å². The molecule has 1 aromatic heterocycles. The number of aromatic nitrogens is 1. The van der Waals surface area contributed by atoms with E-state index in [9.17, 15) is 31.5 Å². The number of carbonyl (C=O) groups excluding carboxylic acids is 1. The van der Waals surface area contributed by atoms with Crippen molar-refractivity contribution in [3.05, 3.63) is 101 Å². The van der Waals surface area contributed by atoms with Gasteiger partial charge in [0.15, 0.2) is 5.78 Å². The van der Waals surface area contributed by atoms with E-state index in [1.54, 1.807) is 19.2 Å². The van der Waals surface area contributed by atoms with Crippen LogP contribution in [0.2, 0.25) is 0 Å². The van der Waals surface area contributed by atoms with Gasteiger partial charge in [-0.15, -0.1) is 0 Å². The van der Waals surface area contributed by atoms with Gasteiger partial charge in [-0.2, -0.15) is 13.2 Å². The number of anilines is 1. The minimum atomic E-state index is -4.44. The average Bonchev–Trinajstić information content (AvgIpc) is 3.81. The summed E-state index contributed by atoms with van der Waals surface area (Å²) in [4.78, 5) is 14.2. The molecule has 2 aliphatic rings. The first-order chi connectivity index (χ1) is 23.3. The number of aliphatic hydroxyl groups is 1. The molecule has 262 valence electrons. The van der Waals surface area contributed by atoms with Crippen LogP contribution >= 0.6 is 0 Å². The van der Waals surface area contributed by atoms with E-state index in [1.165, 1.54) is 16.4 Å². The number of benzene rings is 3. The number of sulfonamides is 1. The second-order valence-electron chi connectivity index (χ2n) is 14.0. The second kappa shape index (κ2) is 13.6. The van der Waals surface area contributed by atoms with Crippen molar-refractivity contribution >= 4 is 32.4 Å². The Morgan fingerprint density at radius 1 is 0.980 bits per heavy atom. The molecule has 6 rings (SSSR count). The van der Waals surface area contributed by atoms with Gasteiger partial charge in [0.2, 0.25) is 10.0 Å². The zero-order chi connectivity index (χ0) is 35.1. The quantitative estimate of drug-likeness (QED) is 0.142. The molecular formula is C39H45F3N2O4S. The molecule has 3 aromatic carbocycles. The highest BCUT2D eigenvalue weighted by molar-refractivity contribution is 7.94. The molecule has 49 heavy (non-hydrogen) atoms. The van der Waals surface area contributed by atoms with Gasteiger partial charge in [0.05, 0.1) is 22.9 Å². The topological polar surface area (TPSA) is 79.6 Å². The first-order valence-electron chi connectivity index (χ1n) is 17.3. The third kappa shape index (κ3) is 6.91. The summed E-state index contributed by atoms with van der Waals surface area (Å²) in [5.74, 6) is -0.815. The van der Waals surface area contributed by atoms with Crippen LogP contribution in [-0.2, 0) is 35.6 Å². The SMILES string of the molecule is CCC[C@@H](CC[C@@H](O)[C@@H](CC(=O)c1cc2c3c(c1)c(CC)cn3CC1(CC1)S(=O)(=O)N2C)Cc1ccccc1)c1cccc(C(F)(F)F)c1. The van der Waals surface area contributed by atoms with Crippen LogP contribution < -0.4 is 4.31 Å². The van der Waals surface area contributed by atoms with Gasteiger partial charge >= 0.3 is 6.18 Å². The fraction of sp³-hybridized carbons (Fsp3) is 0.462. The van der Waals surface area contributed by atoms with Gasteiger partial charge in [-0.3, -0.25) is 9.10 Å². The molecule has 6 nitrogen and oxygen atoms in total. The number of Topliss-reactive ketones (excluding diaryl/α,β-unsaturated/α-hetero) is 1. The zero-order valence-electron chi connectivity index (χ0n) is 28.3. The number of aliphatic hydroxyl groups excluding tert-OH is 1. The molecule has 4 aromatic rings. The molecule has 1 fully saturated rings. The summed E-state index contributed by atoms with van der Waals surface area (Å²) < 4.78 is 70.5. The Balaban J connectivity index is 1.29. The lowest BCUT2D eigenvalue weighted by molar-refractivity contribution is -0.137. The van der Waals surface area contributed by atoms with E-state index in [0.717, 1.165) is 40.9 Å². The molecule has 10 heteroatoms. The normalized spacial score (nSPS) is 18.3. The highest BCUT2D eigenvalue weighted by Gasteiger charge is 2.58. The maximum Gasteiger partial charge on any atom is 0.416 e. The molecule has 1 N–H and O–H groups in total. The molecule has 1 saturated carbocycles. The summed E-state index contributed by atoms with van der Waals surface area (Å²) in [5, 5.41) is 12.5. The van der Waals surface area contributed by atoms with Crippen molar-refractivity contribution in [2.45, 2.75) is 101 Å². The fourth-order valence-corrected chi connectivity index (χ4v) is 9.58. The van der Waals surface area contributed by atoms with Crippen molar-refractivity contribution in [3.8, 4) is 0 Å². The first-order valence-corrected chi connectivity index (χ1v) is 18.8. The molecule has 1 spiro atoms. The predicted octanol–water partition coefficient (Wildman–Crippen LogP) is 8.69. The summed E-state index contributed by atoms with van der Waals surface area (Å²) in [6, 6.07) is 18.6. The molecule has 3 atom stereocenters. The number of nitrogens with zero attached hydrogens (tertiary/aromatic N) is 2. The van der Waals surface area contributed by atoms with Crippen LogP contribution in [0.3, 0.4) is 0 Å². The van der Waals surface area contributed by atoms with Crippen molar-refractivity contribution in [1.82, 2.24) is 4.57 Å². The number of hydrogen-bond donors (Lipinski definition) is 1. The molecule has 0 amide bonds. The van der Waals surface area contributed by atoms with Crippen LogP contribution in [0.25, 0.3) is 10.9 Å². The Hall–Kier alpha value is -3.63. The smallest absolute Gasteiger partial charge is 0.393 e. The summed E-state index contributed by atoms with van der Waals surface area (Å²) in [6.45, 7) is 4.43. The number of aryl methyl sites for hydroxylation is 1. The van der Waals surface area contributed by atoms with Gasteiger partial charge < -0.3 is 9.67 Å². The van der Waals surface area contributed by atoms with Crippen molar-refractivity contribution in [3.63, 3.8) is 0 Å². The lowest BCUT2D eigenvalue weighted by Crippen LogP contribution is -2.38. The van der Waals surface area contributed by atoms with Crippen molar-refractivity contribution in [2.24, 2.45) is 5.92 Å². The summed E-state index contributed by atoms with van der Waals surface area (Å²) >= 11 is 0. The number of ketones is 1. The van der Waals surface area contributed by atoms with Crippen LogP contribution in [-0.4, -0.2) is 41.8 Å². The number of rotatable bonds is 13. The molecule has 1 aliphatic heterocycles. The van der Waals surface area contributed by atoms with Gasteiger partial charge in [0, 0.05) is 37.2 Å². The Labute approximate surface area is 287 Å². The Kier molecular flexibility index (Phi) is 9.76. The molecule has 0 radical (unpaired) electrons. The van der Waals surface area contributed by atoms with E-state index in [-0.39, 0.29) is 18.1 Å². The zero-order valence-corrected chi connectivity index (χ0v) is 29.2. The van der Waals surface area contributed by atoms with E-state index < -0.39 is 38.5 Å². The standard InChI is InChI=1S/C39H45F3N2O4S/c1-4-10-28(29-13-9-14-32(20-29)39(40,41)42)15-16-35(45)30(19-26-11-7-6-8-12-26)23-36(46)31-21-33-27(5-2)24-44-25-38(17-18-38)49(47,48)43(3)34(22-31)37(33)44/h6-9,11-14,20-22,24,28,30,35,45H,4-5,10,15-19,23,25H2,1-3H3/t28-,30+,35+/m0/s1. The number of alkyl halides is 3. The summed E-state index contributed by atoms with van der Waals surface area (Å²) in [7, 11) is -2.07. The van der Waals surface area contributed by atoms with E-state index in [4.69, 9.17) is 0 Å². The van der Waals surface area contributed by atoms with Crippen LogP contribution in [0.4, 0.5) is 18.9 Å². The van der Waals surface area contributed by atoms with Gasteiger partial charge in [0.25, 0.3) is 0 Å². The second-order valence-corrected chi connectivity index (χ2v) is 16.4. The largest absolute Gasteiger partial charge is 0.416 e.